The molecule has 0 spiro atoms. The number of rotatable bonds is 2. The first-order valence-electron chi connectivity index (χ1n) is 6.46. The van der Waals surface area contributed by atoms with E-state index in [0.29, 0.717) is 11.4 Å². The molecule has 0 fully saturated rings. The second-order valence-electron chi connectivity index (χ2n) is 5.07. The predicted octanol–water partition coefficient (Wildman–Crippen LogP) is 3.65. The van der Waals surface area contributed by atoms with Crippen LogP contribution < -0.4 is 5.56 Å². The van der Waals surface area contributed by atoms with Crippen molar-refractivity contribution in [3.8, 4) is 11.1 Å². The van der Waals surface area contributed by atoms with Gasteiger partial charge in [-0.05, 0) is 23.1 Å². The van der Waals surface area contributed by atoms with Crippen molar-refractivity contribution in [3.63, 3.8) is 0 Å². The lowest BCUT2D eigenvalue weighted by Crippen LogP contribution is -2.05. The lowest BCUT2D eigenvalue weighted by molar-refractivity contribution is 0.867. The van der Waals surface area contributed by atoms with Gasteiger partial charge >= 0.3 is 0 Å². The molecule has 0 aliphatic rings. The number of fused-ring (bicyclic) bond motifs is 1. The smallest absolute Gasteiger partial charge is 0.272 e. The summed E-state index contributed by atoms with van der Waals surface area (Å²) in [5, 5.41) is 0.959. The van der Waals surface area contributed by atoms with Gasteiger partial charge in [0.2, 0.25) is 0 Å². The second kappa shape index (κ2) is 4.43. The molecule has 2 aromatic heterocycles. The van der Waals surface area contributed by atoms with Crippen LogP contribution in [0.5, 0.6) is 0 Å². The Bertz CT molecular complexity index is 763. The summed E-state index contributed by atoms with van der Waals surface area (Å²) in [6.45, 7) is 4.36. The van der Waals surface area contributed by atoms with Crippen LogP contribution in [0.3, 0.4) is 0 Å². The molecule has 3 aromatic rings. The normalized spacial score (nSPS) is 11.3. The lowest BCUT2D eigenvalue weighted by atomic mass is 9.98. The lowest BCUT2D eigenvalue weighted by Gasteiger charge is -2.07. The van der Waals surface area contributed by atoms with Crippen molar-refractivity contribution in [1.29, 1.82) is 0 Å². The van der Waals surface area contributed by atoms with Crippen LogP contribution in [-0.2, 0) is 0 Å². The molecule has 0 aliphatic heterocycles. The zero-order chi connectivity index (χ0) is 13.4. The molecule has 96 valence electrons. The minimum Gasteiger partial charge on any atom is -0.357 e. The summed E-state index contributed by atoms with van der Waals surface area (Å²) in [4.78, 5) is 17.4. The number of benzene rings is 1. The summed E-state index contributed by atoms with van der Waals surface area (Å²) in [7, 11) is 0. The third-order valence-corrected chi connectivity index (χ3v) is 3.50. The van der Waals surface area contributed by atoms with E-state index in [1.807, 2.05) is 6.07 Å². The van der Waals surface area contributed by atoms with E-state index >= 15 is 0 Å². The van der Waals surface area contributed by atoms with Gasteiger partial charge in [-0.1, -0.05) is 38.1 Å². The fraction of sp³-hybridized carbons (Fsp3) is 0.188. The van der Waals surface area contributed by atoms with Crippen LogP contribution >= 0.6 is 0 Å². The number of hydrogen-bond donors (Lipinski definition) is 2. The maximum Gasteiger partial charge on any atom is 0.272 e. The number of hydrogen-bond acceptors (Lipinski definition) is 1. The van der Waals surface area contributed by atoms with E-state index < -0.39 is 0 Å². The topological polar surface area (TPSA) is 48.6 Å². The zero-order valence-corrected chi connectivity index (χ0v) is 11.0. The second-order valence-corrected chi connectivity index (χ2v) is 5.07. The Morgan fingerprint density at radius 3 is 2.42 bits per heavy atom. The Morgan fingerprint density at radius 1 is 1.00 bits per heavy atom. The van der Waals surface area contributed by atoms with Crippen molar-refractivity contribution in [3.05, 3.63) is 58.6 Å². The van der Waals surface area contributed by atoms with Gasteiger partial charge in [0, 0.05) is 23.3 Å². The molecule has 2 N–H and O–H groups in total. The summed E-state index contributed by atoms with van der Waals surface area (Å²) in [5.74, 6) is 0.525. The van der Waals surface area contributed by atoms with Crippen molar-refractivity contribution in [2.45, 2.75) is 19.8 Å². The number of nitrogens with one attached hydrogen (secondary N) is 2. The minimum atomic E-state index is -0.0810. The highest BCUT2D eigenvalue weighted by molar-refractivity contribution is 5.93. The Kier molecular flexibility index (Phi) is 2.75. The molecule has 19 heavy (non-hydrogen) atoms. The van der Waals surface area contributed by atoms with E-state index in [1.165, 1.54) is 5.56 Å². The minimum absolute atomic E-state index is 0.0810. The number of aromatic amines is 2. The van der Waals surface area contributed by atoms with Gasteiger partial charge in [-0.2, -0.15) is 0 Å². The maximum absolute atomic E-state index is 11.7. The fourth-order valence-electron chi connectivity index (χ4n) is 2.36. The van der Waals surface area contributed by atoms with Gasteiger partial charge in [-0.25, -0.2) is 0 Å². The van der Waals surface area contributed by atoms with E-state index in [4.69, 9.17) is 0 Å². The maximum atomic E-state index is 11.7. The Morgan fingerprint density at radius 2 is 1.74 bits per heavy atom. The average Bonchev–Trinajstić information content (AvgIpc) is 2.89. The van der Waals surface area contributed by atoms with Gasteiger partial charge < -0.3 is 9.97 Å². The SMILES string of the molecule is CC(C)c1ccc(-c2c[nH]c(=O)c3[nH]ccc23)cc1. The van der Waals surface area contributed by atoms with Crippen LogP contribution in [0.4, 0.5) is 0 Å². The van der Waals surface area contributed by atoms with Crippen molar-refractivity contribution in [2.24, 2.45) is 0 Å². The van der Waals surface area contributed by atoms with E-state index in [9.17, 15) is 4.79 Å². The Balaban J connectivity index is 2.16. The van der Waals surface area contributed by atoms with E-state index in [1.54, 1.807) is 12.4 Å². The van der Waals surface area contributed by atoms with Crippen molar-refractivity contribution in [1.82, 2.24) is 9.97 Å². The standard InChI is InChI=1S/C16H16N2O/c1-10(2)11-3-5-12(6-4-11)14-9-18-16(19)15-13(14)7-8-17-15/h3-10,17H,1-2H3,(H,18,19). The molecule has 0 atom stereocenters. The fourth-order valence-corrected chi connectivity index (χ4v) is 2.36. The third kappa shape index (κ3) is 1.97. The molecule has 0 unspecified atom stereocenters. The summed E-state index contributed by atoms with van der Waals surface area (Å²) in [6.07, 6.45) is 3.58. The van der Waals surface area contributed by atoms with Crippen LogP contribution in [0.25, 0.3) is 22.0 Å². The molecule has 1 aromatic carbocycles. The highest BCUT2D eigenvalue weighted by atomic mass is 16.1. The van der Waals surface area contributed by atoms with E-state index in [0.717, 1.165) is 16.5 Å². The zero-order valence-electron chi connectivity index (χ0n) is 11.0. The van der Waals surface area contributed by atoms with Crippen LogP contribution in [-0.4, -0.2) is 9.97 Å². The van der Waals surface area contributed by atoms with Gasteiger partial charge in [0.15, 0.2) is 0 Å². The van der Waals surface area contributed by atoms with E-state index in [-0.39, 0.29) is 5.56 Å². The third-order valence-electron chi connectivity index (χ3n) is 3.50. The summed E-state index contributed by atoms with van der Waals surface area (Å²) >= 11 is 0. The van der Waals surface area contributed by atoms with Gasteiger partial charge in [-0.3, -0.25) is 4.79 Å². The first-order valence-corrected chi connectivity index (χ1v) is 6.46. The Labute approximate surface area is 111 Å². The summed E-state index contributed by atoms with van der Waals surface area (Å²) in [5.41, 5.74) is 4.03. The first-order chi connectivity index (χ1) is 9.16. The molecule has 0 amide bonds. The number of pyridine rings is 1. The van der Waals surface area contributed by atoms with Crippen LogP contribution in [0.2, 0.25) is 0 Å². The predicted molar refractivity (Wildman–Crippen MR) is 78.4 cm³/mol. The molecular formula is C16H16N2O. The highest BCUT2D eigenvalue weighted by Crippen LogP contribution is 2.27. The van der Waals surface area contributed by atoms with Crippen LogP contribution in [0, 0.1) is 0 Å². The average molecular weight is 252 g/mol. The van der Waals surface area contributed by atoms with Crippen molar-refractivity contribution >= 4 is 10.9 Å². The van der Waals surface area contributed by atoms with Crippen LogP contribution in [0.15, 0.2) is 47.5 Å². The molecule has 0 saturated heterocycles. The molecule has 3 rings (SSSR count). The number of aromatic nitrogens is 2. The van der Waals surface area contributed by atoms with Crippen LogP contribution in [0.1, 0.15) is 25.3 Å². The molecule has 3 nitrogen and oxygen atoms in total. The summed E-state index contributed by atoms with van der Waals surface area (Å²) < 4.78 is 0. The first kappa shape index (κ1) is 11.8. The monoisotopic (exact) mass is 252 g/mol. The number of H-pyrrole nitrogens is 2. The molecule has 0 aliphatic carbocycles. The largest absolute Gasteiger partial charge is 0.357 e. The quantitative estimate of drug-likeness (QED) is 0.718. The molecule has 0 bridgehead atoms. The highest BCUT2D eigenvalue weighted by Gasteiger charge is 2.08. The summed E-state index contributed by atoms with van der Waals surface area (Å²) in [6, 6.07) is 10.4. The van der Waals surface area contributed by atoms with Crippen molar-refractivity contribution in [2.75, 3.05) is 0 Å². The molecule has 0 radical (unpaired) electrons. The van der Waals surface area contributed by atoms with Gasteiger partial charge in [-0.15, -0.1) is 0 Å². The van der Waals surface area contributed by atoms with Gasteiger partial charge in [0.25, 0.3) is 5.56 Å². The van der Waals surface area contributed by atoms with Gasteiger partial charge in [0.1, 0.15) is 5.52 Å². The van der Waals surface area contributed by atoms with E-state index in [2.05, 4.69) is 48.1 Å². The molecular weight excluding hydrogens is 236 g/mol. The molecule has 2 heterocycles. The molecule has 0 saturated carbocycles. The molecule has 3 heteroatoms. The van der Waals surface area contributed by atoms with Crippen molar-refractivity contribution < 1.29 is 0 Å². The van der Waals surface area contributed by atoms with Gasteiger partial charge in [0.05, 0.1) is 0 Å². The Hall–Kier alpha value is -2.29.